The van der Waals surface area contributed by atoms with Gasteiger partial charge in [-0.05, 0) is 79.2 Å². The van der Waals surface area contributed by atoms with Crippen LogP contribution in [0.2, 0.25) is 0 Å². The number of hydrogen-bond acceptors (Lipinski definition) is 6. The molecule has 0 radical (unpaired) electrons. The Bertz CT molecular complexity index is 1110. The minimum Gasteiger partial charge on any atom is -0.494 e. The van der Waals surface area contributed by atoms with Crippen LogP contribution < -0.4 is 19.6 Å². The molecule has 0 unspecified atom stereocenters. The largest absolute Gasteiger partial charge is 0.494 e. The topological polar surface area (TPSA) is 86.2 Å². The van der Waals surface area contributed by atoms with E-state index in [-0.39, 0.29) is 11.3 Å². The van der Waals surface area contributed by atoms with E-state index in [0.29, 0.717) is 29.2 Å². The van der Waals surface area contributed by atoms with Crippen molar-refractivity contribution in [3.05, 3.63) is 89.2 Å². The summed E-state index contributed by atoms with van der Waals surface area (Å²) in [5.41, 5.74) is 3.60. The fraction of sp³-hybridized carbons (Fsp3) is 0.125. The van der Waals surface area contributed by atoms with Gasteiger partial charge in [-0.1, -0.05) is 0 Å². The number of amides is 1. The number of methoxy groups -OCH3 is 1. The van der Waals surface area contributed by atoms with Gasteiger partial charge in [-0.15, -0.1) is 0 Å². The second-order valence-electron chi connectivity index (χ2n) is 6.46. The molecule has 0 aliphatic heterocycles. The monoisotopic (exact) mass is 436 g/mol. The molecule has 3 rings (SSSR count). The van der Waals surface area contributed by atoms with Crippen molar-refractivity contribution < 1.29 is 28.2 Å². The van der Waals surface area contributed by atoms with Crippen LogP contribution in [-0.2, 0) is 0 Å². The van der Waals surface area contributed by atoms with E-state index in [1.807, 2.05) is 6.92 Å². The van der Waals surface area contributed by atoms with Crippen molar-refractivity contribution in [1.82, 2.24) is 5.43 Å². The molecular formula is C24H21FN2O5. The van der Waals surface area contributed by atoms with Crippen molar-refractivity contribution in [2.24, 2.45) is 5.10 Å². The average molecular weight is 436 g/mol. The van der Waals surface area contributed by atoms with Crippen LogP contribution in [0.4, 0.5) is 4.39 Å². The number of rotatable bonds is 8. The lowest BCUT2D eigenvalue weighted by molar-refractivity contribution is 0.0729. The molecule has 0 fully saturated rings. The minimum absolute atomic E-state index is 0.235. The fourth-order valence-electron chi connectivity index (χ4n) is 2.69. The SMILES string of the molecule is CCOc1ccc(C(=O)Oc2ccc(/C=N/NC(=O)c3ccc(F)cc3)cc2OC)cc1. The molecular weight excluding hydrogens is 415 g/mol. The van der Waals surface area contributed by atoms with Crippen molar-refractivity contribution in [3.8, 4) is 17.2 Å². The van der Waals surface area contributed by atoms with Gasteiger partial charge in [-0.3, -0.25) is 4.79 Å². The van der Waals surface area contributed by atoms with Gasteiger partial charge in [0.05, 0.1) is 25.5 Å². The second-order valence-corrected chi connectivity index (χ2v) is 6.46. The predicted octanol–water partition coefficient (Wildman–Crippen LogP) is 4.22. The van der Waals surface area contributed by atoms with Gasteiger partial charge in [0.25, 0.3) is 5.91 Å². The highest BCUT2D eigenvalue weighted by Crippen LogP contribution is 2.28. The molecule has 1 amide bonds. The van der Waals surface area contributed by atoms with Gasteiger partial charge >= 0.3 is 5.97 Å². The maximum Gasteiger partial charge on any atom is 0.343 e. The molecule has 164 valence electrons. The minimum atomic E-state index is -0.542. The Morgan fingerprint density at radius 2 is 1.66 bits per heavy atom. The molecule has 0 aliphatic carbocycles. The summed E-state index contributed by atoms with van der Waals surface area (Å²) < 4.78 is 29.0. The highest BCUT2D eigenvalue weighted by Gasteiger charge is 2.13. The van der Waals surface area contributed by atoms with Crippen LogP contribution in [0, 0.1) is 5.82 Å². The van der Waals surface area contributed by atoms with Gasteiger partial charge in [0, 0.05) is 5.56 Å². The Morgan fingerprint density at radius 3 is 2.31 bits per heavy atom. The standard InChI is InChI=1S/C24H21FN2O5/c1-3-31-20-11-7-18(8-12-20)24(29)32-21-13-4-16(14-22(21)30-2)15-26-27-23(28)17-5-9-19(25)10-6-17/h4-15H,3H2,1-2H3,(H,27,28)/b26-15+. The number of ether oxygens (including phenoxy) is 3. The summed E-state index contributed by atoms with van der Waals surface area (Å²) in [6.45, 7) is 2.41. The summed E-state index contributed by atoms with van der Waals surface area (Å²) >= 11 is 0. The fourth-order valence-corrected chi connectivity index (χ4v) is 2.69. The number of carbonyl (C=O) groups excluding carboxylic acids is 2. The van der Waals surface area contributed by atoms with Crippen molar-refractivity contribution in [1.29, 1.82) is 0 Å². The molecule has 0 saturated heterocycles. The van der Waals surface area contributed by atoms with E-state index >= 15 is 0 Å². The molecule has 0 atom stereocenters. The van der Waals surface area contributed by atoms with Crippen LogP contribution in [0.25, 0.3) is 0 Å². The second kappa shape index (κ2) is 10.7. The molecule has 0 heterocycles. The molecule has 3 aromatic carbocycles. The van der Waals surface area contributed by atoms with Crippen LogP contribution in [-0.4, -0.2) is 31.8 Å². The summed E-state index contributed by atoms with van der Waals surface area (Å²) in [6.07, 6.45) is 1.40. The molecule has 0 bridgehead atoms. The predicted molar refractivity (Wildman–Crippen MR) is 117 cm³/mol. The lowest BCUT2D eigenvalue weighted by atomic mass is 10.2. The Hall–Kier alpha value is -4.20. The number of esters is 1. The van der Waals surface area contributed by atoms with E-state index in [1.54, 1.807) is 42.5 Å². The number of hydrazone groups is 1. The van der Waals surface area contributed by atoms with Crippen LogP contribution in [0.5, 0.6) is 17.2 Å². The molecule has 0 aromatic heterocycles. The van der Waals surface area contributed by atoms with Crippen molar-refractivity contribution in [2.75, 3.05) is 13.7 Å². The number of benzene rings is 3. The van der Waals surface area contributed by atoms with Crippen LogP contribution >= 0.6 is 0 Å². The van der Waals surface area contributed by atoms with Gasteiger partial charge in [0.15, 0.2) is 11.5 Å². The number of nitrogens with one attached hydrogen (secondary N) is 1. The highest BCUT2D eigenvalue weighted by molar-refractivity contribution is 5.95. The first-order valence-electron chi connectivity index (χ1n) is 9.72. The number of nitrogens with zero attached hydrogens (tertiary/aromatic N) is 1. The first kappa shape index (κ1) is 22.5. The summed E-state index contributed by atoms with van der Waals surface area (Å²) in [6, 6.07) is 16.5. The third-order valence-electron chi connectivity index (χ3n) is 4.28. The van der Waals surface area contributed by atoms with E-state index in [1.165, 1.54) is 37.6 Å². The Balaban J connectivity index is 1.64. The molecule has 0 aliphatic rings. The van der Waals surface area contributed by atoms with Crippen LogP contribution in [0.15, 0.2) is 71.8 Å². The third kappa shape index (κ3) is 5.91. The van der Waals surface area contributed by atoms with Crippen LogP contribution in [0.1, 0.15) is 33.2 Å². The molecule has 1 N–H and O–H groups in total. The third-order valence-corrected chi connectivity index (χ3v) is 4.28. The summed E-state index contributed by atoms with van der Waals surface area (Å²) in [4.78, 5) is 24.4. The van der Waals surface area contributed by atoms with E-state index in [4.69, 9.17) is 14.2 Å². The van der Waals surface area contributed by atoms with Crippen molar-refractivity contribution in [3.63, 3.8) is 0 Å². The first-order chi connectivity index (χ1) is 15.5. The maximum atomic E-state index is 12.9. The highest BCUT2D eigenvalue weighted by atomic mass is 19.1. The van der Waals surface area contributed by atoms with Gasteiger partial charge < -0.3 is 14.2 Å². The maximum absolute atomic E-state index is 12.9. The smallest absolute Gasteiger partial charge is 0.343 e. The molecule has 32 heavy (non-hydrogen) atoms. The summed E-state index contributed by atoms with van der Waals surface area (Å²) in [5, 5.41) is 3.88. The number of carbonyl (C=O) groups is 2. The Labute approximate surface area is 184 Å². The molecule has 7 nitrogen and oxygen atoms in total. The molecule has 0 saturated carbocycles. The van der Waals surface area contributed by atoms with Crippen molar-refractivity contribution >= 4 is 18.1 Å². The van der Waals surface area contributed by atoms with Gasteiger partial charge in [0.1, 0.15) is 11.6 Å². The zero-order chi connectivity index (χ0) is 22.9. The zero-order valence-electron chi connectivity index (χ0n) is 17.5. The van der Waals surface area contributed by atoms with Crippen LogP contribution in [0.3, 0.4) is 0 Å². The zero-order valence-corrected chi connectivity index (χ0v) is 17.5. The van der Waals surface area contributed by atoms with E-state index in [0.717, 1.165) is 0 Å². The summed E-state index contributed by atoms with van der Waals surface area (Å²) in [5.74, 6) is -0.234. The lowest BCUT2D eigenvalue weighted by Crippen LogP contribution is -2.17. The van der Waals surface area contributed by atoms with Gasteiger partial charge in [-0.25, -0.2) is 14.6 Å². The van der Waals surface area contributed by atoms with Gasteiger partial charge in [-0.2, -0.15) is 5.10 Å². The first-order valence-corrected chi connectivity index (χ1v) is 9.72. The lowest BCUT2D eigenvalue weighted by Gasteiger charge is -2.10. The molecule has 0 spiro atoms. The van der Waals surface area contributed by atoms with Gasteiger partial charge in [0.2, 0.25) is 0 Å². The van der Waals surface area contributed by atoms with E-state index in [2.05, 4.69) is 10.5 Å². The summed E-state index contributed by atoms with van der Waals surface area (Å²) in [7, 11) is 1.45. The number of halogens is 1. The molecule has 8 heteroatoms. The van der Waals surface area contributed by atoms with Crippen molar-refractivity contribution in [2.45, 2.75) is 6.92 Å². The normalized spacial score (nSPS) is 10.6. The van der Waals surface area contributed by atoms with E-state index < -0.39 is 17.7 Å². The Morgan fingerprint density at radius 1 is 0.969 bits per heavy atom. The quantitative estimate of drug-likeness (QED) is 0.247. The Kier molecular flexibility index (Phi) is 7.53. The van der Waals surface area contributed by atoms with E-state index in [9.17, 15) is 14.0 Å². The average Bonchev–Trinajstić information content (AvgIpc) is 2.81. The number of hydrogen-bond donors (Lipinski definition) is 1. The molecule has 3 aromatic rings.